The number of rotatable bonds is 10. The average Bonchev–Trinajstić information content (AvgIpc) is 3.49. The van der Waals surface area contributed by atoms with Gasteiger partial charge in [-0.3, -0.25) is 41.4 Å². The Labute approximate surface area is 282 Å². The number of fused-ring (bicyclic) bond motifs is 2. The molecule has 0 aliphatic rings. The van der Waals surface area contributed by atoms with Crippen molar-refractivity contribution in [3.05, 3.63) is 51.2 Å². The maximum atomic E-state index is 12.3. The third-order valence-electron chi connectivity index (χ3n) is 7.12. The predicted octanol–water partition coefficient (Wildman–Crippen LogP) is 3.50. The van der Waals surface area contributed by atoms with Crippen LogP contribution in [-0.4, -0.2) is 73.9 Å². The molecular weight excluding hydrogens is 719 g/mol. The normalized spacial score (nSPS) is 12.1. The molecule has 14 nitrogen and oxygen atoms in total. The van der Waals surface area contributed by atoms with E-state index in [1.165, 1.54) is 23.2 Å². The molecule has 0 aliphatic heterocycles. The average molecular weight is 767 g/mol. The molecule has 0 spiro atoms. The van der Waals surface area contributed by atoms with Gasteiger partial charge in [0.25, 0.3) is 11.1 Å². The number of nitrogens with zero attached hydrogens (tertiary/aromatic N) is 7. The van der Waals surface area contributed by atoms with E-state index in [4.69, 9.17) is 23.1 Å². The van der Waals surface area contributed by atoms with E-state index in [1.54, 1.807) is 23.2 Å². The minimum atomic E-state index is -1.16. The van der Waals surface area contributed by atoms with Gasteiger partial charge in [-0.2, -0.15) is 0 Å². The van der Waals surface area contributed by atoms with E-state index in [1.807, 2.05) is 0 Å². The number of hydrogen-bond acceptors (Lipinski definition) is 8. The van der Waals surface area contributed by atoms with Gasteiger partial charge in [0, 0.05) is 57.6 Å². The lowest BCUT2D eigenvalue weighted by Gasteiger charge is -2.15. The molecule has 46 heavy (non-hydrogen) atoms. The number of hydrogen-bond donors (Lipinski definition) is 1. The molecule has 0 bridgehead atoms. The SMILES string of the molecule is Cn1c(=O)c2c([nH]c(=S)n2COCC[Si](C)(C)C)n(C)c1=O.Cn1c(=O)c2c(nc(Br)n2COCC[Si](C)(C)C)n(C)c1=O.[2H]CF. The third-order valence-corrected chi connectivity index (χ3v) is 11.5. The van der Waals surface area contributed by atoms with Crippen LogP contribution in [0, 0.1) is 4.77 Å². The monoisotopic (exact) mass is 765 g/mol. The minimum Gasteiger partial charge on any atom is -0.361 e. The Bertz CT molecular complexity index is 2000. The molecule has 4 heterocycles. The van der Waals surface area contributed by atoms with Crippen molar-refractivity contribution in [2.24, 2.45) is 28.2 Å². The van der Waals surface area contributed by atoms with Crippen molar-refractivity contribution < 1.29 is 15.2 Å². The molecular formula is C27H46BrFN8O6SSi2. The number of halogens is 2. The Kier molecular flexibility index (Phi) is 13.1. The largest absolute Gasteiger partial charge is 0.361 e. The number of ether oxygens (including phenoxy) is 2. The summed E-state index contributed by atoms with van der Waals surface area (Å²) in [6.07, 6.45) is 0. The molecule has 258 valence electrons. The summed E-state index contributed by atoms with van der Waals surface area (Å²) in [6, 6.07) is 2.09. The Morgan fingerprint density at radius 3 is 1.72 bits per heavy atom. The van der Waals surface area contributed by atoms with Crippen LogP contribution < -0.4 is 22.5 Å². The summed E-state index contributed by atoms with van der Waals surface area (Å²) in [5, 5.41) is 0. The first-order valence-corrected chi connectivity index (χ1v) is 23.0. The first kappa shape index (κ1) is 37.7. The van der Waals surface area contributed by atoms with E-state index >= 15 is 0 Å². The zero-order chi connectivity index (χ0) is 36.0. The second kappa shape index (κ2) is 15.9. The molecule has 4 aromatic heterocycles. The second-order valence-electron chi connectivity index (χ2n) is 13.1. The molecule has 0 atom stereocenters. The summed E-state index contributed by atoms with van der Waals surface area (Å²) in [5.74, 6) is 0. The van der Waals surface area contributed by atoms with E-state index in [9.17, 15) is 23.6 Å². The van der Waals surface area contributed by atoms with Gasteiger partial charge in [-0.15, -0.1) is 0 Å². The van der Waals surface area contributed by atoms with Crippen molar-refractivity contribution in [3.63, 3.8) is 0 Å². The van der Waals surface area contributed by atoms with Crippen LogP contribution in [0.5, 0.6) is 0 Å². The summed E-state index contributed by atoms with van der Waals surface area (Å²) in [5.41, 5.74) is -0.0213. The van der Waals surface area contributed by atoms with Crippen LogP contribution in [0.4, 0.5) is 4.39 Å². The first-order valence-electron chi connectivity index (χ1n) is 15.1. The van der Waals surface area contributed by atoms with Gasteiger partial charge < -0.3 is 14.5 Å². The smallest absolute Gasteiger partial charge is 0.332 e. The van der Waals surface area contributed by atoms with E-state index < -0.39 is 29.0 Å². The molecule has 0 saturated heterocycles. The fourth-order valence-corrected chi connectivity index (χ4v) is 6.41. The number of imidazole rings is 2. The molecule has 4 rings (SSSR count). The number of aromatic amines is 1. The number of alkyl halides is 1. The summed E-state index contributed by atoms with van der Waals surface area (Å²) in [4.78, 5) is 55.7. The molecule has 0 unspecified atom stereocenters. The van der Waals surface area contributed by atoms with Gasteiger partial charge in [0.05, 0.1) is 8.52 Å². The highest BCUT2D eigenvalue weighted by molar-refractivity contribution is 9.10. The predicted molar refractivity (Wildman–Crippen MR) is 191 cm³/mol. The number of aromatic nitrogens is 8. The van der Waals surface area contributed by atoms with Crippen LogP contribution in [-0.2, 0) is 51.1 Å². The Balaban J connectivity index is 0.000000302. The topological polar surface area (TPSA) is 145 Å². The van der Waals surface area contributed by atoms with Crippen molar-refractivity contribution in [1.29, 1.82) is 0 Å². The van der Waals surface area contributed by atoms with Crippen molar-refractivity contribution in [3.8, 4) is 0 Å². The van der Waals surface area contributed by atoms with Crippen LogP contribution in [0.15, 0.2) is 23.9 Å². The molecule has 0 aromatic carbocycles. The van der Waals surface area contributed by atoms with Crippen molar-refractivity contribution >= 4 is 66.6 Å². The lowest BCUT2D eigenvalue weighted by Crippen LogP contribution is -2.37. The quantitative estimate of drug-likeness (QED) is 0.112. The molecule has 1 N–H and O–H groups in total. The highest BCUT2D eigenvalue weighted by Crippen LogP contribution is 2.17. The Hall–Kier alpha value is -2.72. The molecule has 4 aromatic rings. The summed E-state index contributed by atoms with van der Waals surface area (Å²) in [6.45, 7) is 15.4. The van der Waals surface area contributed by atoms with Gasteiger partial charge in [0.15, 0.2) is 26.2 Å². The first-order chi connectivity index (χ1) is 21.7. The molecule has 0 amide bonds. The molecule has 0 radical (unpaired) electrons. The fourth-order valence-electron chi connectivity index (χ4n) is 4.21. The van der Waals surface area contributed by atoms with Gasteiger partial charge in [-0.25, -0.2) is 14.6 Å². The minimum absolute atomic E-state index is 0.205. The van der Waals surface area contributed by atoms with Crippen LogP contribution in [0.2, 0.25) is 51.4 Å². The maximum Gasteiger partial charge on any atom is 0.332 e. The van der Waals surface area contributed by atoms with E-state index in [2.05, 4.69) is 65.2 Å². The van der Waals surface area contributed by atoms with Gasteiger partial charge in [-0.05, 0) is 40.2 Å². The lowest BCUT2D eigenvalue weighted by molar-refractivity contribution is 0.0882. The van der Waals surface area contributed by atoms with Gasteiger partial charge in [-0.1, -0.05) is 39.3 Å². The van der Waals surface area contributed by atoms with E-state index in [0.717, 1.165) is 21.2 Å². The Morgan fingerprint density at radius 1 is 0.804 bits per heavy atom. The molecule has 0 fully saturated rings. The van der Waals surface area contributed by atoms with Crippen LogP contribution in [0.3, 0.4) is 0 Å². The zero-order valence-electron chi connectivity index (χ0n) is 29.2. The number of H-pyrrole nitrogens is 1. The number of aryl methyl sites for hydroxylation is 2. The van der Waals surface area contributed by atoms with Gasteiger partial charge in [0.2, 0.25) is 0 Å². The van der Waals surface area contributed by atoms with Crippen LogP contribution >= 0.6 is 28.1 Å². The molecule has 19 heteroatoms. The highest BCUT2D eigenvalue weighted by Gasteiger charge is 2.19. The zero-order valence-corrected chi connectivity index (χ0v) is 32.6. The summed E-state index contributed by atoms with van der Waals surface area (Å²) < 4.78 is 35.9. The Morgan fingerprint density at radius 2 is 1.24 bits per heavy atom. The number of nitrogens with one attached hydrogen (secondary N) is 1. The highest BCUT2D eigenvalue weighted by atomic mass is 79.9. The summed E-state index contributed by atoms with van der Waals surface area (Å²) in [7, 11) is 2.80. The molecule has 0 saturated carbocycles. The van der Waals surface area contributed by atoms with Gasteiger partial charge in [0.1, 0.15) is 19.1 Å². The van der Waals surface area contributed by atoms with E-state index in [-0.39, 0.29) is 30.3 Å². The van der Waals surface area contributed by atoms with Crippen molar-refractivity contribution in [1.82, 2.24) is 37.4 Å². The molecule has 0 aliphatic carbocycles. The maximum absolute atomic E-state index is 12.3. The summed E-state index contributed by atoms with van der Waals surface area (Å²) >= 11 is 8.59. The van der Waals surface area contributed by atoms with Gasteiger partial charge >= 0.3 is 11.4 Å². The van der Waals surface area contributed by atoms with Crippen molar-refractivity contribution in [2.75, 3.05) is 20.4 Å². The van der Waals surface area contributed by atoms with Crippen LogP contribution in [0.1, 0.15) is 1.37 Å². The fraction of sp³-hybridized carbons (Fsp3) is 0.630. The van der Waals surface area contributed by atoms with E-state index in [0.29, 0.717) is 45.0 Å². The van der Waals surface area contributed by atoms with Crippen molar-refractivity contribution in [2.45, 2.75) is 64.8 Å². The van der Waals surface area contributed by atoms with Crippen LogP contribution in [0.25, 0.3) is 22.3 Å². The second-order valence-corrected chi connectivity index (χ2v) is 25.5. The third kappa shape index (κ3) is 9.21. The standard InChI is InChI=1S/C13H21BrN4O3Si.C13H22N4O3SSi.CH3F/c1-16-10-9(11(19)17(2)13(16)20)18(12(14)15-10)8-21-6-7-22(3,4)5;1-15-10-9(11(18)16(2)13(15)19)17(12(21)14-10)8-20-6-7-22(3,4)5;1-2/h6-8H2,1-5H3;6-8H2,1-5H3,(H,14,21);1H3/i;;1D. The lowest BCUT2D eigenvalue weighted by atomic mass is 10.5.